The zero-order valence-corrected chi connectivity index (χ0v) is 14.7. The van der Waals surface area contributed by atoms with Crippen molar-refractivity contribution < 1.29 is 9.53 Å². The molecule has 1 saturated carbocycles. The summed E-state index contributed by atoms with van der Waals surface area (Å²) in [6.07, 6.45) is 2.20. The van der Waals surface area contributed by atoms with Crippen molar-refractivity contribution in [1.82, 2.24) is 20.9 Å². The first-order chi connectivity index (χ1) is 11.0. The molecular weight excluding hydrogens is 294 g/mol. The SMILES string of the molecule is CCNC(=NCC(=O)NC1CC1)NCC(C)(C)N1CCOCC1. The van der Waals surface area contributed by atoms with Gasteiger partial charge in [0.1, 0.15) is 6.54 Å². The standard InChI is InChI=1S/C16H31N5O2/c1-4-17-15(18-11-14(22)20-13-5-6-13)19-12-16(2,3)21-7-9-23-10-8-21/h13H,4-12H2,1-3H3,(H,20,22)(H2,17,18,19). The molecule has 0 aromatic rings. The van der Waals surface area contributed by atoms with Crippen LogP contribution in [0.3, 0.4) is 0 Å². The van der Waals surface area contributed by atoms with Crippen molar-refractivity contribution in [1.29, 1.82) is 0 Å². The Bertz CT molecular complexity index is 415. The van der Waals surface area contributed by atoms with E-state index < -0.39 is 0 Å². The lowest BCUT2D eigenvalue weighted by Gasteiger charge is -2.41. The van der Waals surface area contributed by atoms with Crippen molar-refractivity contribution in [3.63, 3.8) is 0 Å². The smallest absolute Gasteiger partial charge is 0.242 e. The molecular formula is C16H31N5O2. The van der Waals surface area contributed by atoms with Crippen LogP contribution in [0.15, 0.2) is 4.99 Å². The highest BCUT2D eigenvalue weighted by molar-refractivity contribution is 5.85. The van der Waals surface area contributed by atoms with E-state index in [4.69, 9.17) is 4.74 Å². The van der Waals surface area contributed by atoms with Gasteiger partial charge < -0.3 is 20.7 Å². The molecule has 0 aromatic carbocycles. The molecule has 2 rings (SSSR count). The van der Waals surface area contributed by atoms with E-state index in [2.05, 4.69) is 39.7 Å². The van der Waals surface area contributed by atoms with Gasteiger partial charge in [0.05, 0.1) is 13.2 Å². The third-order valence-electron chi connectivity index (χ3n) is 4.22. The second-order valence-corrected chi connectivity index (χ2v) is 6.80. The van der Waals surface area contributed by atoms with Gasteiger partial charge in [-0.15, -0.1) is 0 Å². The Morgan fingerprint density at radius 2 is 1.96 bits per heavy atom. The summed E-state index contributed by atoms with van der Waals surface area (Å²) in [6.45, 7) is 11.6. The quantitative estimate of drug-likeness (QED) is 0.451. The van der Waals surface area contributed by atoms with Gasteiger partial charge in [0.2, 0.25) is 5.91 Å². The Morgan fingerprint density at radius 1 is 1.26 bits per heavy atom. The van der Waals surface area contributed by atoms with Gasteiger partial charge >= 0.3 is 0 Å². The first-order valence-corrected chi connectivity index (χ1v) is 8.65. The summed E-state index contributed by atoms with van der Waals surface area (Å²) in [6, 6.07) is 0.383. The van der Waals surface area contributed by atoms with Crippen molar-refractivity contribution >= 4 is 11.9 Å². The molecule has 1 aliphatic heterocycles. The molecule has 132 valence electrons. The topological polar surface area (TPSA) is 78.0 Å². The summed E-state index contributed by atoms with van der Waals surface area (Å²) in [5.41, 5.74) is 0.0102. The number of guanidine groups is 1. The third kappa shape index (κ3) is 6.35. The number of hydrogen-bond acceptors (Lipinski definition) is 4. The number of hydrogen-bond donors (Lipinski definition) is 3. The summed E-state index contributed by atoms with van der Waals surface area (Å²) in [5.74, 6) is 0.692. The third-order valence-corrected chi connectivity index (χ3v) is 4.22. The van der Waals surface area contributed by atoms with Gasteiger partial charge in [0.15, 0.2) is 5.96 Å². The molecule has 1 aliphatic carbocycles. The fraction of sp³-hybridized carbons (Fsp3) is 0.875. The number of carbonyl (C=O) groups is 1. The maximum atomic E-state index is 11.8. The number of aliphatic imine (C=N–C) groups is 1. The predicted octanol–water partition coefficient (Wildman–Crippen LogP) is -0.0691. The van der Waals surface area contributed by atoms with Crippen molar-refractivity contribution in [3.8, 4) is 0 Å². The van der Waals surface area contributed by atoms with Crippen molar-refractivity contribution in [2.75, 3.05) is 45.9 Å². The first kappa shape index (κ1) is 18.0. The summed E-state index contributed by atoms with van der Waals surface area (Å²) in [7, 11) is 0. The van der Waals surface area contributed by atoms with Crippen molar-refractivity contribution in [2.24, 2.45) is 4.99 Å². The van der Waals surface area contributed by atoms with Crippen LogP contribution >= 0.6 is 0 Å². The Morgan fingerprint density at radius 3 is 2.57 bits per heavy atom. The van der Waals surface area contributed by atoms with Gasteiger partial charge in [-0.25, -0.2) is 4.99 Å². The molecule has 0 atom stereocenters. The van der Waals surface area contributed by atoms with Crippen LogP contribution in [0.25, 0.3) is 0 Å². The van der Waals surface area contributed by atoms with E-state index in [-0.39, 0.29) is 18.0 Å². The van der Waals surface area contributed by atoms with Crippen LogP contribution in [0.5, 0.6) is 0 Å². The van der Waals surface area contributed by atoms with Gasteiger partial charge in [0.25, 0.3) is 0 Å². The highest BCUT2D eigenvalue weighted by Gasteiger charge is 2.28. The Balaban J connectivity index is 1.80. The number of nitrogens with zero attached hydrogens (tertiary/aromatic N) is 2. The normalized spacial score (nSPS) is 20.2. The Hall–Kier alpha value is -1.34. The largest absolute Gasteiger partial charge is 0.379 e. The molecule has 1 heterocycles. The zero-order chi connectivity index (χ0) is 16.7. The van der Waals surface area contributed by atoms with Gasteiger partial charge in [-0.05, 0) is 33.6 Å². The number of rotatable bonds is 7. The molecule has 0 aromatic heterocycles. The Kier molecular flexibility index (Phi) is 6.65. The van der Waals surface area contributed by atoms with E-state index in [0.29, 0.717) is 12.0 Å². The number of morpholine rings is 1. The number of carbonyl (C=O) groups excluding carboxylic acids is 1. The minimum atomic E-state index is -0.00265. The van der Waals surface area contributed by atoms with Crippen LogP contribution in [0.1, 0.15) is 33.6 Å². The van der Waals surface area contributed by atoms with Crippen LogP contribution in [-0.2, 0) is 9.53 Å². The predicted molar refractivity (Wildman–Crippen MR) is 91.6 cm³/mol. The second kappa shape index (κ2) is 8.49. The monoisotopic (exact) mass is 325 g/mol. The maximum absolute atomic E-state index is 11.8. The van der Waals surface area contributed by atoms with Gasteiger partial charge in [0, 0.05) is 37.8 Å². The molecule has 2 aliphatic rings. The Labute approximate surface area is 139 Å². The van der Waals surface area contributed by atoms with Crippen LogP contribution in [0.2, 0.25) is 0 Å². The molecule has 0 radical (unpaired) electrons. The van der Waals surface area contributed by atoms with Gasteiger partial charge in [-0.3, -0.25) is 9.69 Å². The average molecular weight is 325 g/mol. The lowest BCUT2D eigenvalue weighted by atomic mass is 10.0. The molecule has 0 spiro atoms. The summed E-state index contributed by atoms with van der Waals surface area (Å²) in [5, 5.41) is 9.51. The lowest BCUT2D eigenvalue weighted by molar-refractivity contribution is -0.119. The van der Waals surface area contributed by atoms with E-state index in [1.807, 2.05) is 6.92 Å². The highest BCUT2D eigenvalue weighted by atomic mass is 16.5. The summed E-state index contributed by atoms with van der Waals surface area (Å²) < 4.78 is 5.42. The van der Waals surface area contributed by atoms with E-state index >= 15 is 0 Å². The minimum Gasteiger partial charge on any atom is -0.379 e. The van der Waals surface area contributed by atoms with Crippen molar-refractivity contribution in [2.45, 2.75) is 45.2 Å². The molecule has 2 fully saturated rings. The fourth-order valence-electron chi connectivity index (χ4n) is 2.57. The number of amides is 1. The minimum absolute atomic E-state index is 0.00265. The van der Waals surface area contributed by atoms with Gasteiger partial charge in [-0.1, -0.05) is 0 Å². The fourth-order valence-corrected chi connectivity index (χ4v) is 2.57. The van der Waals surface area contributed by atoms with Crippen LogP contribution in [0.4, 0.5) is 0 Å². The lowest BCUT2D eigenvalue weighted by Crippen LogP contribution is -2.56. The van der Waals surface area contributed by atoms with Crippen molar-refractivity contribution in [3.05, 3.63) is 0 Å². The van der Waals surface area contributed by atoms with Crippen LogP contribution in [-0.4, -0.2) is 74.3 Å². The molecule has 0 unspecified atom stereocenters. The second-order valence-electron chi connectivity index (χ2n) is 6.80. The van der Waals surface area contributed by atoms with Crippen LogP contribution in [0, 0.1) is 0 Å². The van der Waals surface area contributed by atoms with E-state index in [1.54, 1.807) is 0 Å². The molecule has 7 nitrogen and oxygen atoms in total. The summed E-state index contributed by atoms with van der Waals surface area (Å²) >= 11 is 0. The van der Waals surface area contributed by atoms with E-state index in [9.17, 15) is 4.79 Å². The molecule has 23 heavy (non-hydrogen) atoms. The van der Waals surface area contributed by atoms with Crippen LogP contribution < -0.4 is 16.0 Å². The molecule has 0 bridgehead atoms. The first-order valence-electron chi connectivity index (χ1n) is 8.65. The average Bonchev–Trinajstić information content (AvgIpc) is 3.35. The molecule has 3 N–H and O–H groups in total. The summed E-state index contributed by atoms with van der Waals surface area (Å²) in [4.78, 5) is 18.6. The molecule has 1 saturated heterocycles. The maximum Gasteiger partial charge on any atom is 0.242 e. The number of ether oxygens (including phenoxy) is 1. The van der Waals surface area contributed by atoms with Gasteiger partial charge in [-0.2, -0.15) is 0 Å². The highest BCUT2D eigenvalue weighted by Crippen LogP contribution is 2.18. The van der Waals surface area contributed by atoms with E-state index in [0.717, 1.165) is 52.2 Å². The number of nitrogens with one attached hydrogen (secondary N) is 3. The molecule has 1 amide bonds. The zero-order valence-electron chi connectivity index (χ0n) is 14.7. The van der Waals surface area contributed by atoms with E-state index in [1.165, 1.54) is 0 Å². The molecule has 7 heteroatoms.